The van der Waals surface area contributed by atoms with Gasteiger partial charge < -0.3 is 9.31 Å². The van der Waals surface area contributed by atoms with Crippen molar-refractivity contribution >= 4 is 18.9 Å². The molecule has 0 radical (unpaired) electrons. The maximum atomic E-state index is 10.9. The van der Waals surface area contributed by atoms with Gasteiger partial charge in [-0.25, -0.2) is 0 Å². The Morgan fingerprint density at radius 1 is 1.24 bits per heavy atom. The predicted molar refractivity (Wildman–Crippen MR) is 65.3 cm³/mol. The number of nitrogens with zero attached hydrogens (tertiary/aromatic N) is 1. The Morgan fingerprint density at radius 3 is 2.35 bits per heavy atom. The molecule has 1 aliphatic heterocycles. The maximum absolute atomic E-state index is 10.9. The summed E-state index contributed by atoms with van der Waals surface area (Å²) in [4.78, 5) is 14.9. The predicted octanol–water partition coefficient (Wildman–Crippen LogP) is 1.19. The molecular formula is C12H16BNO3. The second-order valence-corrected chi connectivity index (χ2v) is 5.18. The van der Waals surface area contributed by atoms with Gasteiger partial charge in [0, 0.05) is 11.7 Å². The van der Waals surface area contributed by atoms with Gasteiger partial charge in [-0.2, -0.15) is 0 Å². The van der Waals surface area contributed by atoms with Gasteiger partial charge in [0.15, 0.2) is 6.29 Å². The van der Waals surface area contributed by atoms with Crippen LogP contribution in [-0.4, -0.2) is 29.6 Å². The molecule has 0 bridgehead atoms. The third kappa shape index (κ3) is 2.00. The molecule has 4 nitrogen and oxygen atoms in total. The lowest BCUT2D eigenvalue weighted by Gasteiger charge is -2.32. The van der Waals surface area contributed by atoms with E-state index >= 15 is 0 Å². The van der Waals surface area contributed by atoms with Crippen molar-refractivity contribution in [3.63, 3.8) is 0 Å². The first-order valence-corrected chi connectivity index (χ1v) is 5.63. The van der Waals surface area contributed by atoms with Gasteiger partial charge in [-0.15, -0.1) is 0 Å². The van der Waals surface area contributed by atoms with Crippen LogP contribution in [0.2, 0.25) is 0 Å². The molecule has 17 heavy (non-hydrogen) atoms. The monoisotopic (exact) mass is 233 g/mol. The van der Waals surface area contributed by atoms with Gasteiger partial charge in [-0.05, 0) is 33.8 Å². The van der Waals surface area contributed by atoms with Crippen molar-refractivity contribution < 1.29 is 14.1 Å². The lowest BCUT2D eigenvalue weighted by Crippen LogP contribution is -2.41. The molecule has 0 spiro atoms. The van der Waals surface area contributed by atoms with E-state index in [0.29, 0.717) is 11.2 Å². The summed E-state index contributed by atoms with van der Waals surface area (Å²) in [5.74, 6) is 0. The molecule has 0 N–H and O–H groups in total. The summed E-state index contributed by atoms with van der Waals surface area (Å²) in [6, 6.07) is 3.58. The number of hydrogen-bond donors (Lipinski definition) is 0. The molecule has 0 unspecified atom stereocenters. The van der Waals surface area contributed by atoms with Gasteiger partial charge in [0.25, 0.3) is 0 Å². The first-order chi connectivity index (χ1) is 7.87. The van der Waals surface area contributed by atoms with Crippen LogP contribution >= 0.6 is 0 Å². The van der Waals surface area contributed by atoms with Crippen molar-refractivity contribution in [1.82, 2.24) is 4.98 Å². The number of hydrogen-bond acceptors (Lipinski definition) is 4. The van der Waals surface area contributed by atoms with Crippen LogP contribution in [0.1, 0.15) is 38.2 Å². The molecular weight excluding hydrogens is 217 g/mol. The second-order valence-electron chi connectivity index (χ2n) is 5.18. The van der Waals surface area contributed by atoms with Crippen molar-refractivity contribution in [2.24, 2.45) is 0 Å². The summed E-state index contributed by atoms with van der Waals surface area (Å²) in [6.45, 7) is 7.90. The smallest absolute Gasteiger partial charge is 0.399 e. The highest BCUT2D eigenvalue weighted by atomic mass is 16.7. The van der Waals surface area contributed by atoms with E-state index in [0.717, 1.165) is 6.29 Å². The van der Waals surface area contributed by atoms with Crippen molar-refractivity contribution in [2.75, 3.05) is 0 Å². The van der Waals surface area contributed by atoms with E-state index < -0.39 is 18.3 Å². The Balaban J connectivity index is 2.35. The molecule has 0 aliphatic carbocycles. The summed E-state index contributed by atoms with van der Waals surface area (Å²) in [5.41, 5.74) is 0.230. The van der Waals surface area contributed by atoms with E-state index in [9.17, 15) is 4.79 Å². The summed E-state index contributed by atoms with van der Waals surface area (Å²) in [5, 5.41) is 0. The first kappa shape index (κ1) is 12.3. The minimum Gasteiger partial charge on any atom is -0.399 e. The van der Waals surface area contributed by atoms with Gasteiger partial charge in [-0.1, -0.05) is 6.07 Å². The number of carbonyl (C=O) groups is 1. The fourth-order valence-corrected chi connectivity index (χ4v) is 1.70. The van der Waals surface area contributed by atoms with E-state index in [1.54, 1.807) is 18.3 Å². The van der Waals surface area contributed by atoms with E-state index in [1.807, 2.05) is 27.7 Å². The Labute approximate surface area is 101 Å². The van der Waals surface area contributed by atoms with Crippen LogP contribution in [0.3, 0.4) is 0 Å². The molecule has 2 rings (SSSR count). The molecule has 1 aliphatic rings. The second kappa shape index (κ2) is 3.93. The van der Waals surface area contributed by atoms with Crippen molar-refractivity contribution in [2.45, 2.75) is 38.9 Å². The molecule has 1 fully saturated rings. The molecule has 0 aromatic carbocycles. The van der Waals surface area contributed by atoms with E-state index in [-0.39, 0.29) is 0 Å². The topological polar surface area (TPSA) is 48.4 Å². The van der Waals surface area contributed by atoms with Gasteiger partial charge in [0.2, 0.25) is 0 Å². The number of pyridine rings is 1. The molecule has 1 saturated heterocycles. The van der Waals surface area contributed by atoms with Crippen LogP contribution < -0.4 is 5.46 Å². The fourth-order valence-electron chi connectivity index (χ4n) is 1.70. The first-order valence-electron chi connectivity index (χ1n) is 5.63. The zero-order chi connectivity index (χ0) is 12.7. The summed E-state index contributed by atoms with van der Waals surface area (Å²) < 4.78 is 11.7. The third-order valence-electron chi connectivity index (χ3n) is 3.49. The normalized spacial score (nSPS) is 21.5. The molecule has 5 heteroatoms. The summed E-state index contributed by atoms with van der Waals surface area (Å²) in [7, 11) is -0.533. The molecule has 0 saturated carbocycles. The standard InChI is InChI=1S/C12H16BNO3/c1-11(2)12(3,4)17-13(16-11)9-6-5-7-14-10(9)8-15/h5-8H,1-4H3. The van der Waals surface area contributed by atoms with E-state index in [4.69, 9.17) is 9.31 Å². The van der Waals surface area contributed by atoms with Crippen LogP contribution in [0.4, 0.5) is 0 Å². The molecule has 1 aromatic heterocycles. The molecule has 90 valence electrons. The van der Waals surface area contributed by atoms with E-state index in [2.05, 4.69) is 4.98 Å². The number of carbonyl (C=O) groups excluding carboxylic acids is 1. The van der Waals surface area contributed by atoms with Crippen LogP contribution in [0.5, 0.6) is 0 Å². The van der Waals surface area contributed by atoms with Crippen molar-refractivity contribution in [3.8, 4) is 0 Å². The molecule has 0 atom stereocenters. The third-order valence-corrected chi connectivity index (χ3v) is 3.49. The molecule has 1 aromatic rings. The van der Waals surface area contributed by atoms with Crippen molar-refractivity contribution in [3.05, 3.63) is 24.0 Å². The highest BCUT2D eigenvalue weighted by Crippen LogP contribution is 2.36. The fraction of sp³-hybridized carbons (Fsp3) is 0.500. The average molecular weight is 233 g/mol. The summed E-state index contributed by atoms with van der Waals surface area (Å²) in [6.07, 6.45) is 2.30. The minimum absolute atomic E-state index is 0.367. The largest absolute Gasteiger partial charge is 0.497 e. The minimum atomic E-state index is -0.533. The Kier molecular flexibility index (Phi) is 2.83. The Bertz CT molecular complexity index is 429. The highest BCUT2D eigenvalue weighted by molar-refractivity contribution is 6.63. The number of aldehydes is 1. The van der Waals surface area contributed by atoms with Gasteiger partial charge in [-0.3, -0.25) is 9.78 Å². The van der Waals surface area contributed by atoms with Crippen LogP contribution in [0.15, 0.2) is 18.3 Å². The van der Waals surface area contributed by atoms with Crippen molar-refractivity contribution in [1.29, 1.82) is 0 Å². The quantitative estimate of drug-likeness (QED) is 0.568. The lowest BCUT2D eigenvalue weighted by atomic mass is 9.78. The Hall–Kier alpha value is -1.20. The lowest BCUT2D eigenvalue weighted by molar-refractivity contribution is 0.00578. The number of aromatic nitrogens is 1. The highest BCUT2D eigenvalue weighted by Gasteiger charge is 2.52. The van der Waals surface area contributed by atoms with Gasteiger partial charge in [0.1, 0.15) is 5.69 Å². The zero-order valence-corrected chi connectivity index (χ0v) is 10.6. The van der Waals surface area contributed by atoms with Crippen LogP contribution in [0.25, 0.3) is 0 Å². The Morgan fingerprint density at radius 2 is 1.82 bits per heavy atom. The van der Waals surface area contributed by atoms with Crippen LogP contribution in [0, 0.1) is 0 Å². The SMILES string of the molecule is CC1(C)OB(c2cccnc2C=O)OC1(C)C. The molecule has 2 heterocycles. The number of rotatable bonds is 2. The van der Waals surface area contributed by atoms with Gasteiger partial charge >= 0.3 is 7.12 Å². The maximum Gasteiger partial charge on any atom is 0.497 e. The average Bonchev–Trinajstić information content (AvgIpc) is 2.48. The summed E-state index contributed by atoms with van der Waals surface area (Å²) >= 11 is 0. The van der Waals surface area contributed by atoms with Crippen LogP contribution in [-0.2, 0) is 9.31 Å². The van der Waals surface area contributed by atoms with E-state index in [1.165, 1.54) is 0 Å². The molecule has 0 amide bonds. The van der Waals surface area contributed by atoms with Gasteiger partial charge in [0.05, 0.1) is 11.2 Å². The zero-order valence-electron chi connectivity index (χ0n) is 10.6.